The Morgan fingerprint density at radius 1 is 1.44 bits per heavy atom. The standard InChI is InChI=1S/C13H18N2O/c1-9(16)15-7-6-10-4-5-11(14)8-12(10)13(15,2)3/h4-5,8H,6-7,14H2,1-3H3. The van der Waals surface area contributed by atoms with E-state index in [1.54, 1.807) is 6.92 Å². The number of anilines is 1. The molecule has 0 aliphatic carbocycles. The SMILES string of the molecule is CC(=O)N1CCc2ccc(N)cc2C1(C)C. The third-order valence-electron chi connectivity index (χ3n) is 3.45. The molecule has 0 radical (unpaired) electrons. The Morgan fingerprint density at radius 2 is 2.12 bits per heavy atom. The first-order valence-electron chi connectivity index (χ1n) is 5.60. The van der Waals surface area contributed by atoms with Crippen LogP contribution in [0.1, 0.15) is 31.9 Å². The molecular weight excluding hydrogens is 200 g/mol. The summed E-state index contributed by atoms with van der Waals surface area (Å²) in [5, 5.41) is 0. The van der Waals surface area contributed by atoms with Crippen LogP contribution in [0.2, 0.25) is 0 Å². The number of benzene rings is 1. The van der Waals surface area contributed by atoms with Crippen LogP contribution >= 0.6 is 0 Å². The number of nitrogen functional groups attached to an aromatic ring is 1. The van der Waals surface area contributed by atoms with Gasteiger partial charge in [-0.2, -0.15) is 0 Å². The van der Waals surface area contributed by atoms with E-state index in [0.29, 0.717) is 0 Å². The maximum atomic E-state index is 11.6. The lowest BCUT2D eigenvalue weighted by molar-refractivity contribution is -0.135. The summed E-state index contributed by atoms with van der Waals surface area (Å²) in [6, 6.07) is 5.99. The van der Waals surface area contributed by atoms with Gasteiger partial charge in [-0.3, -0.25) is 4.79 Å². The van der Waals surface area contributed by atoms with Crippen molar-refractivity contribution in [3.05, 3.63) is 29.3 Å². The van der Waals surface area contributed by atoms with Gasteiger partial charge in [-0.15, -0.1) is 0 Å². The van der Waals surface area contributed by atoms with Gasteiger partial charge in [0.25, 0.3) is 0 Å². The molecule has 0 fully saturated rings. The minimum absolute atomic E-state index is 0.123. The lowest BCUT2D eigenvalue weighted by Gasteiger charge is -2.43. The van der Waals surface area contributed by atoms with Gasteiger partial charge in [-0.1, -0.05) is 6.07 Å². The molecule has 1 aliphatic rings. The lowest BCUT2D eigenvalue weighted by Crippen LogP contribution is -2.49. The fourth-order valence-corrected chi connectivity index (χ4v) is 2.59. The highest BCUT2D eigenvalue weighted by molar-refractivity contribution is 5.75. The van der Waals surface area contributed by atoms with E-state index in [-0.39, 0.29) is 11.4 Å². The average Bonchev–Trinajstić information content (AvgIpc) is 2.18. The molecule has 86 valence electrons. The molecule has 0 unspecified atom stereocenters. The first kappa shape index (κ1) is 11.0. The molecule has 0 spiro atoms. The van der Waals surface area contributed by atoms with Crippen molar-refractivity contribution >= 4 is 11.6 Å². The van der Waals surface area contributed by atoms with Gasteiger partial charge in [0.05, 0.1) is 5.54 Å². The summed E-state index contributed by atoms with van der Waals surface area (Å²) in [6.45, 7) is 6.57. The zero-order chi connectivity index (χ0) is 11.9. The van der Waals surface area contributed by atoms with Gasteiger partial charge < -0.3 is 10.6 Å². The molecule has 1 aromatic rings. The Kier molecular flexibility index (Phi) is 2.41. The summed E-state index contributed by atoms with van der Waals surface area (Å²) in [5.74, 6) is 0.123. The van der Waals surface area contributed by atoms with Crippen LogP contribution in [0.15, 0.2) is 18.2 Å². The Labute approximate surface area is 96.2 Å². The Morgan fingerprint density at radius 3 is 2.75 bits per heavy atom. The highest BCUT2D eigenvalue weighted by atomic mass is 16.2. The molecule has 3 nitrogen and oxygen atoms in total. The summed E-state index contributed by atoms with van der Waals surface area (Å²) in [7, 11) is 0. The first-order chi connectivity index (χ1) is 7.43. The number of nitrogens with zero attached hydrogens (tertiary/aromatic N) is 1. The van der Waals surface area contributed by atoms with E-state index in [1.807, 2.05) is 17.0 Å². The highest BCUT2D eigenvalue weighted by Gasteiger charge is 2.35. The molecule has 0 aromatic heterocycles. The average molecular weight is 218 g/mol. The molecule has 1 aliphatic heterocycles. The fourth-order valence-electron chi connectivity index (χ4n) is 2.59. The third-order valence-corrected chi connectivity index (χ3v) is 3.45. The molecular formula is C13H18N2O. The van der Waals surface area contributed by atoms with Crippen LogP contribution in [0.25, 0.3) is 0 Å². The van der Waals surface area contributed by atoms with E-state index in [4.69, 9.17) is 5.73 Å². The minimum Gasteiger partial charge on any atom is -0.399 e. The number of carbonyl (C=O) groups excluding carboxylic acids is 1. The van der Waals surface area contributed by atoms with Crippen LogP contribution in [0.3, 0.4) is 0 Å². The number of amides is 1. The largest absolute Gasteiger partial charge is 0.399 e. The van der Waals surface area contributed by atoms with Crippen molar-refractivity contribution in [1.82, 2.24) is 4.90 Å². The monoisotopic (exact) mass is 218 g/mol. The third kappa shape index (κ3) is 1.56. The molecule has 0 atom stereocenters. The first-order valence-corrected chi connectivity index (χ1v) is 5.60. The second-order valence-electron chi connectivity index (χ2n) is 4.90. The van der Waals surface area contributed by atoms with Crippen LogP contribution in [0.4, 0.5) is 5.69 Å². The molecule has 2 rings (SSSR count). The number of hydrogen-bond acceptors (Lipinski definition) is 2. The van der Waals surface area contributed by atoms with Gasteiger partial charge >= 0.3 is 0 Å². The number of rotatable bonds is 0. The van der Waals surface area contributed by atoms with Crippen LogP contribution in [-0.4, -0.2) is 17.4 Å². The van der Waals surface area contributed by atoms with E-state index in [2.05, 4.69) is 19.9 Å². The summed E-state index contributed by atoms with van der Waals surface area (Å²) >= 11 is 0. The minimum atomic E-state index is -0.255. The van der Waals surface area contributed by atoms with Crippen molar-refractivity contribution in [1.29, 1.82) is 0 Å². The van der Waals surface area contributed by atoms with Crippen molar-refractivity contribution in [3.8, 4) is 0 Å². The zero-order valence-electron chi connectivity index (χ0n) is 10.1. The molecule has 16 heavy (non-hydrogen) atoms. The fraction of sp³-hybridized carbons (Fsp3) is 0.462. The van der Waals surface area contributed by atoms with Crippen molar-refractivity contribution in [2.75, 3.05) is 12.3 Å². The number of fused-ring (bicyclic) bond motifs is 1. The van der Waals surface area contributed by atoms with Gasteiger partial charge in [0.2, 0.25) is 5.91 Å². The van der Waals surface area contributed by atoms with E-state index < -0.39 is 0 Å². The van der Waals surface area contributed by atoms with Crippen LogP contribution in [0, 0.1) is 0 Å². The molecule has 0 saturated carbocycles. The normalized spacial score (nSPS) is 18.1. The number of nitrogens with two attached hydrogens (primary N) is 1. The topological polar surface area (TPSA) is 46.3 Å². The predicted octanol–water partition coefficient (Wildman–Crippen LogP) is 1.91. The van der Waals surface area contributed by atoms with Crippen molar-refractivity contribution in [2.45, 2.75) is 32.7 Å². The molecule has 1 heterocycles. The van der Waals surface area contributed by atoms with Gasteiger partial charge in [-0.25, -0.2) is 0 Å². The van der Waals surface area contributed by atoms with Crippen LogP contribution < -0.4 is 5.73 Å². The molecule has 0 saturated heterocycles. The predicted molar refractivity (Wildman–Crippen MR) is 65.0 cm³/mol. The Hall–Kier alpha value is -1.51. The smallest absolute Gasteiger partial charge is 0.220 e. The number of carbonyl (C=O) groups is 1. The summed E-state index contributed by atoms with van der Waals surface area (Å²) in [6.07, 6.45) is 0.915. The number of hydrogen-bond donors (Lipinski definition) is 1. The zero-order valence-corrected chi connectivity index (χ0v) is 10.1. The van der Waals surface area contributed by atoms with Crippen LogP contribution in [0.5, 0.6) is 0 Å². The van der Waals surface area contributed by atoms with E-state index in [1.165, 1.54) is 11.1 Å². The second kappa shape index (κ2) is 3.51. The molecule has 3 heteroatoms. The maximum Gasteiger partial charge on any atom is 0.220 e. The van der Waals surface area contributed by atoms with E-state index in [0.717, 1.165) is 18.7 Å². The van der Waals surface area contributed by atoms with Gasteiger partial charge in [0.15, 0.2) is 0 Å². The van der Waals surface area contributed by atoms with Gasteiger partial charge in [0, 0.05) is 19.2 Å². The Bertz CT molecular complexity index is 438. The lowest BCUT2D eigenvalue weighted by atomic mass is 9.83. The van der Waals surface area contributed by atoms with Crippen molar-refractivity contribution in [2.24, 2.45) is 0 Å². The van der Waals surface area contributed by atoms with Gasteiger partial charge in [0.1, 0.15) is 0 Å². The van der Waals surface area contributed by atoms with E-state index in [9.17, 15) is 4.79 Å². The van der Waals surface area contributed by atoms with Gasteiger partial charge in [-0.05, 0) is 43.5 Å². The van der Waals surface area contributed by atoms with Crippen molar-refractivity contribution < 1.29 is 4.79 Å². The maximum absolute atomic E-state index is 11.6. The van der Waals surface area contributed by atoms with E-state index >= 15 is 0 Å². The van der Waals surface area contributed by atoms with Crippen LogP contribution in [-0.2, 0) is 16.8 Å². The molecule has 1 amide bonds. The molecule has 1 aromatic carbocycles. The Balaban J connectivity index is 2.53. The highest BCUT2D eigenvalue weighted by Crippen LogP contribution is 2.35. The summed E-state index contributed by atoms with van der Waals surface area (Å²) < 4.78 is 0. The second-order valence-corrected chi connectivity index (χ2v) is 4.90. The molecule has 2 N–H and O–H groups in total. The summed E-state index contributed by atoms with van der Waals surface area (Å²) in [5.41, 5.74) is 8.80. The molecule has 0 bridgehead atoms. The summed E-state index contributed by atoms with van der Waals surface area (Å²) in [4.78, 5) is 13.5. The quantitative estimate of drug-likeness (QED) is 0.676. The van der Waals surface area contributed by atoms with Crippen molar-refractivity contribution in [3.63, 3.8) is 0 Å².